The fourth-order valence-corrected chi connectivity index (χ4v) is 2.51. The van der Waals surface area contributed by atoms with Gasteiger partial charge < -0.3 is 10.5 Å². The van der Waals surface area contributed by atoms with Crippen LogP contribution < -0.4 is 10.5 Å². The van der Waals surface area contributed by atoms with Crippen LogP contribution in [0.2, 0.25) is 0 Å². The molecule has 1 aliphatic rings. The zero-order valence-corrected chi connectivity index (χ0v) is 11.6. The van der Waals surface area contributed by atoms with Crippen molar-refractivity contribution in [3.8, 4) is 11.3 Å². The maximum absolute atomic E-state index is 5.70. The summed E-state index contributed by atoms with van der Waals surface area (Å²) in [5.41, 5.74) is 9.47. The third kappa shape index (κ3) is 2.98. The summed E-state index contributed by atoms with van der Waals surface area (Å²) in [6, 6.07) is 8.22. The Hall–Kier alpha value is -1.75. The third-order valence-electron chi connectivity index (χ3n) is 3.01. The number of benzene rings is 1. The Balaban J connectivity index is 1.82. The lowest BCUT2D eigenvalue weighted by Gasteiger charge is -2.07. The molecule has 0 radical (unpaired) electrons. The van der Waals surface area contributed by atoms with Gasteiger partial charge >= 0.3 is 0 Å². The number of anilines is 2. The molecule has 3 N–H and O–H groups in total. The molecule has 0 aliphatic heterocycles. The number of aromatic nitrogens is 2. The number of hydrogen-bond acceptors (Lipinski definition) is 5. The molecule has 1 heterocycles. The molecule has 0 atom stereocenters. The van der Waals surface area contributed by atoms with Crippen molar-refractivity contribution in [1.29, 1.82) is 0 Å². The maximum Gasteiger partial charge on any atom is 0.144 e. The molecule has 1 fully saturated rings. The zero-order chi connectivity index (χ0) is 13.2. The average molecular weight is 272 g/mol. The van der Waals surface area contributed by atoms with Gasteiger partial charge in [-0.15, -0.1) is 0 Å². The van der Waals surface area contributed by atoms with Crippen molar-refractivity contribution < 1.29 is 0 Å². The number of nitrogens with two attached hydrogens (primary N) is 1. The van der Waals surface area contributed by atoms with Crippen LogP contribution in [0.3, 0.4) is 0 Å². The summed E-state index contributed by atoms with van der Waals surface area (Å²) in [7, 11) is 0. The summed E-state index contributed by atoms with van der Waals surface area (Å²) < 4.78 is 3.39. The maximum atomic E-state index is 5.70. The minimum absolute atomic E-state index is 0.488. The molecule has 1 aromatic heterocycles. The van der Waals surface area contributed by atoms with E-state index < -0.39 is 0 Å². The van der Waals surface area contributed by atoms with Gasteiger partial charge in [-0.2, -0.15) is 0 Å². The Morgan fingerprint density at radius 3 is 2.95 bits per heavy atom. The number of aryl methyl sites for hydroxylation is 1. The fraction of sp³-hybridized carbons (Fsp3) is 0.286. The summed E-state index contributed by atoms with van der Waals surface area (Å²) in [5, 5.41) is 0.780. The van der Waals surface area contributed by atoms with Crippen LogP contribution in [0.25, 0.3) is 11.3 Å². The predicted molar refractivity (Wildman–Crippen MR) is 80.9 cm³/mol. The molecule has 2 aromatic rings. The molecular formula is C14H16N4S. The topological polar surface area (TPSA) is 63.8 Å². The molecule has 1 aromatic carbocycles. The van der Waals surface area contributed by atoms with E-state index >= 15 is 0 Å². The minimum Gasteiger partial charge on any atom is -0.382 e. The summed E-state index contributed by atoms with van der Waals surface area (Å²) in [5.74, 6) is 0.488. The smallest absolute Gasteiger partial charge is 0.144 e. The number of nitrogens with zero attached hydrogens (tertiary/aromatic N) is 2. The van der Waals surface area contributed by atoms with Crippen molar-refractivity contribution >= 4 is 23.5 Å². The minimum atomic E-state index is 0.488. The van der Waals surface area contributed by atoms with Gasteiger partial charge in [0.15, 0.2) is 0 Å². The van der Waals surface area contributed by atoms with Crippen molar-refractivity contribution in [2.75, 3.05) is 10.5 Å². The second kappa shape index (κ2) is 5.09. The lowest BCUT2D eigenvalue weighted by Crippen LogP contribution is -1.98. The molecular weight excluding hydrogens is 256 g/mol. The van der Waals surface area contributed by atoms with E-state index in [2.05, 4.69) is 26.8 Å². The van der Waals surface area contributed by atoms with Crippen molar-refractivity contribution in [2.24, 2.45) is 0 Å². The monoisotopic (exact) mass is 272 g/mol. The first-order valence-corrected chi connectivity index (χ1v) is 7.21. The van der Waals surface area contributed by atoms with Crippen LogP contribution in [-0.4, -0.2) is 15.2 Å². The first-order valence-electron chi connectivity index (χ1n) is 6.33. The van der Waals surface area contributed by atoms with Gasteiger partial charge in [0.05, 0.1) is 17.6 Å². The SMILES string of the molecule is Cc1nc(-c2cccc(NSC3CC3)c2)cnc1N. The molecule has 1 saturated carbocycles. The highest BCUT2D eigenvalue weighted by atomic mass is 32.2. The zero-order valence-electron chi connectivity index (χ0n) is 10.8. The molecule has 0 bridgehead atoms. The lowest BCUT2D eigenvalue weighted by atomic mass is 10.1. The normalized spacial score (nSPS) is 14.4. The van der Waals surface area contributed by atoms with E-state index in [0.717, 1.165) is 27.9 Å². The van der Waals surface area contributed by atoms with Gasteiger partial charge in [0.2, 0.25) is 0 Å². The first-order chi connectivity index (χ1) is 9.22. The predicted octanol–water partition coefficient (Wildman–Crippen LogP) is 3.26. The molecule has 19 heavy (non-hydrogen) atoms. The van der Waals surface area contributed by atoms with Crippen LogP contribution in [0.4, 0.5) is 11.5 Å². The van der Waals surface area contributed by atoms with Crippen LogP contribution >= 0.6 is 11.9 Å². The van der Waals surface area contributed by atoms with E-state index in [0.29, 0.717) is 5.82 Å². The highest BCUT2D eigenvalue weighted by Gasteiger charge is 2.21. The summed E-state index contributed by atoms with van der Waals surface area (Å²) in [4.78, 5) is 8.63. The number of nitrogens with one attached hydrogen (secondary N) is 1. The lowest BCUT2D eigenvalue weighted by molar-refractivity contribution is 1.13. The molecule has 0 amide bonds. The van der Waals surface area contributed by atoms with E-state index in [1.54, 1.807) is 18.1 Å². The molecule has 5 heteroatoms. The summed E-state index contributed by atoms with van der Waals surface area (Å²) in [6.45, 7) is 1.87. The Kier molecular flexibility index (Phi) is 3.29. The van der Waals surface area contributed by atoms with E-state index in [1.807, 2.05) is 19.1 Å². The van der Waals surface area contributed by atoms with Crippen molar-refractivity contribution in [3.63, 3.8) is 0 Å². The molecule has 0 unspecified atom stereocenters. The van der Waals surface area contributed by atoms with Gasteiger partial charge in [0.1, 0.15) is 5.82 Å². The van der Waals surface area contributed by atoms with Gasteiger partial charge in [-0.05, 0) is 43.8 Å². The van der Waals surface area contributed by atoms with Crippen molar-refractivity contribution in [1.82, 2.24) is 9.97 Å². The van der Waals surface area contributed by atoms with Gasteiger partial charge in [0, 0.05) is 16.5 Å². The highest BCUT2D eigenvalue weighted by Crippen LogP contribution is 2.34. The molecule has 3 rings (SSSR count). The third-order valence-corrected chi connectivity index (χ3v) is 4.17. The van der Waals surface area contributed by atoms with Crippen LogP contribution in [0, 0.1) is 6.92 Å². The number of rotatable bonds is 4. The van der Waals surface area contributed by atoms with E-state index in [9.17, 15) is 0 Å². The van der Waals surface area contributed by atoms with Gasteiger partial charge in [-0.25, -0.2) is 9.97 Å². The molecule has 4 nitrogen and oxygen atoms in total. The standard InChI is InChI=1S/C14H16N4S/c1-9-14(15)16-8-13(17-9)10-3-2-4-11(7-10)18-19-12-5-6-12/h2-4,7-8,12,18H,5-6H2,1H3,(H2,15,16). The highest BCUT2D eigenvalue weighted by molar-refractivity contribution is 8.01. The van der Waals surface area contributed by atoms with Crippen LogP contribution in [0.5, 0.6) is 0 Å². The summed E-state index contributed by atoms with van der Waals surface area (Å²) in [6.07, 6.45) is 4.36. The average Bonchev–Trinajstić information content (AvgIpc) is 3.24. The number of hydrogen-bond donors (Lipinski definition) is 2. The van der Waals surface area contributed by atoms with Gasteiger partial charge in [-0.1, -0.05) is 12.1 Å². The van der Waals surface area contributed by atoms with Crippen LogP contribution in [0.1, 0.15) is 18.5 Å². The van der Waals surface area contributed by atoms with E-state index in [4.69, 9.17) is 5.73 Å². The molecule has 1 aliphatic carbocycles. The van der Waals surface area contributed by atoms with Gasteiger partial charge in [0.25, 0.3) is 0 Å². The van der Waals surface area contributed by atoms with Crippen molar-refractivity contribution in [3.05, 3.63) is 36.2 Å². The molecule has 0 spiro atoms. The fourth-order valence-electron chi connectivity index (χ4n) is 1.71. The van der Waals surface area contributed by atoms with Gasteiger partial charge in [-0.3, -0.25) is 0 Å². The summed E-state index contributed by atoms with van der Waals surface area (Å²) >= 11 is 1.80. The first kappa shape index (κ1) is 12.3. The van der Waals surface area contributed by atoms with E-state index in [1.165, 1.54) is 12.8 Å². The quantitative estimate of drug-likeness (QED) is 0.836. The second-order valence-electron chi connectivity index (χ2n) is 4.73. The second-order valence-corrected chi connectivity index (χ2v) is 5.83. The largest absolute Gasteiger partial charge is 0.382 e. The van der Waals surface area contributed by atoms with Crippen LogP contribution in [-0.2, 0) is 0 Å². The Morgan fingerprint density at radius 1 is 1.37 bits per heavy atom. The molecule has 98 valence electrons. The van der Waals surface area contributed by atoms with Crippen LogP contribution in [0.15, 0.2) is 30.5 Å². The van der Waals surface area contributed by atoms with Crippen molar-refractivity contribution in [2.45, 2.75) is 25.0 Å². The molecule has 0 saturated heterocycles. The number of nitrogen functional groups attached to an aromatic ring is 1. The Bertz CT molecular complexity index is 596. The Labute approximate surface area is 117 Å². The van der Waals surface area contributed by atoms with E-state index in [-0.39, 0.29) is 0 Å². The Morgan fingerprint density at radius 2 is 2.21 bits per heavy atom.